The number of pyridine rings is 1. The van der Waals surface area contributed by atoms with E-state index >= 15 is 0 Å². The number of hydrogen-bond donors (Lipinski definition) is 0. The van der Waals surface area contributed by atoms with E-state index in [1.165, 1.54) is 28.8 Å². The minimum absolute atomic E-state index is 0.116. The average Bonchev–Trinajstić information content (AvgIpc) is 2.48. The average molecular weight is 352 g/mol. The largest absolute Gasteiger partial charge is 0.487 e. The molecule has 128 valence electrons. The van der Waals surface area contributed by atoms with Crippen LogP contribution in [0.15, 0.2) is 46.1 Å². The minimum Gasteiger partial charge on any atom is -0.487 e. The van der Waals surface area contributed by atoms with Gasteiger partial charge in [0.2, 0.25) is 10.0 Å². The number of ether oxygens (including phenoxy) is 1. The summed E-state index contributed by atoms with van der Waals surface area (Å²) in [6.07, 6.45) is -0.363. The van der Waals surface area contributed by atoms with Crippen LogP contribution < -0.4 is 10.3 Å². The molecule has 0 atom stereocenters. The fraction of sp³-hybridized carbons (Fsp3) is 0.312. The molecule has 1 saturated heterocycles. The zero-order chi connectivity index (χ0) is 17.5. The summed E-state index contributed by atoms with van der Waals surface area (Å²) < 4.78 is 46.7. The van der Waals surface area contributed by atoms with E-state index < -0.39 is 15.8 Å². The first-order chi connectivity index (χ1) is 11.3. The molecule has 0 radical (unpaired) electrons. The first-order valence-electron chi connectivity index (χ1n) is 7.38. The van der Waals surface area contributed by atoms with Crippen molar-refractivity contribution in [3.8, 4) is 5.75 Å². The maximum absolute atomic E-state index is 13.7. The van der Waals surface area contributed by atoms with E-state index in [0.717, 1.165) is 16.1 Å². The summed E-state index contributed by atoms with van der Waals surface area (Å²) in [5.41, 5.74) is 0.549. The second-order valence-electron chi connectivity index (χ2n) is 5.72. The van der Waals surface area contributed by atoms with Gasteiger partial charge in [-0.15, -0.1) is 0 Å². The molecule has 0 N–H and O–H groups in total. The molecule has 1 aromatic heterocycles. The molecule has 0 saturated carbocycles. The van der Waals surface area contributed by atoms with Crippen molar-refractivity contribution in [2.45, 2.75) is 17.9 Å². The number of aryl methyl sites for hydroxylation is 1. The molecule has 8 heteroatoms. The zero-order valence-corrected chi connectivity index (χ0v) is 14.1. The molecular weight excluding hydrogens is 335 g/mol. The van der Waals surface area contributed by atoms with Crippen LogP contribution in [0.1, 0.15) is 5.69 Å². The minimum atomic E-state index is -3.87. The molecule has 0 bridgehead atoms. The third-order valence-electron chi connectivity index (χ3n) is 4.05. The van der Waals surface area contributed by atoms with E-state index in [1.807, 2.05) is 0 Å². The maximum Gasteiger partial charge on any atom is 0.254 e. The van der Waals surface area contributed by atoms with Gasteiger partial charge in [0, 0.05) is 18.8 Å². The standard InChI is InChI=1S/C16H17FN2O4S/c1-11-7-12(8-16(20)18(11)2)23-13-9-19(10-13)24(21,22)15-6-4-3-5-14(15)17/h3-8,13H,9-10H2,1-2H3. The van der Waals surface area contributed by atoms with Crippen molar-refractivity contribution in [2.75, 3.05) is 13.1 Å². The van der Waals surface area contributed by atoms with Gasteiger partial charge < -0.3 is 9.30 Å². The lowest BCUT2D eigenvalue weighted by Crippen LogP contribution is -2.56. The van der Waals surface area contributed by atoms with E-state index in [1.54, 1.807) is 20.0 Å². The summed E-state index contributed by atoms with van der Waals surface area (Å²) >= 11 is 0. The first-order valence-corrected chi connectivity index (χ1v) is 8.82. The van der Waals surface area contributed by atoms with Gasteiger partial charge in [-0.1, -0.05) is 12.1 Å². The molecule has 24 heavy (non-hydrogen) atoms. The third-order valence-corrected chi connectivity index (χ3v) is 5.91. The van der Waals surface area contributed by atoms with Gasteiger partial charge >= 0.3 is 0 Å². The number of halogens is 1. The van der Waals surface area contributed by atoms with Crippen molar-refractivity contribution in [1.82, 2.24) is 8.87 Å². The highest BCUT2D eigenvalue weighted by Crippen LogP contribution is 2.26. The molecule has 3 rings (SSSR count). The Bertz CT molecular complexity index is 933. The van der Waals surface area contributed by atoms with Crippen LogP contribution in [-0.2, 0) is 17.1 Å². The quantitative estimate of drug-likeness (QED) is 0.831. The molecular formula is C16H17FN2O4S. The summed E-state index contributed by atoms with van der Waals surface area (Å²) in [7, 11) is -2.21. The van der Waals surface area contributed by atoms with Gasteiger partial charge in [0.05, 0.1) is 13.1 Å². The van der Waals surface area contributed by atoms with Crippen LogP contribution in [0.2, 0.25) is 0 Å². The molecule has 1 fully saturated rings. The SMILES string of the molecule is Cc1cc(OC2CN(S(=O)(=O)c3ccccc3F)C2)cc(=O)n1C. The summed E-state index contributed by atoms with van der Waals surface area (Å²) in [5, 5.41) is 0. The van der Waals surface area contributed by atoms with Gasteiger partial charge in [0.1, 0.15) is 22.6 Å². The van der Waals surface area contributed by atoms with Crippen molar-refractivity contribution < 1.29 is 17.5 Å². The number of benzene rings is 1. The van der Waals surface area contributed by atoms with Crippen LogP contribution in [0.4, 0.5) is 4.39 Å². The molecule has 0 aliphatic carbocycles. The van der Waals surface area contributed by atoms with Gasteiger partial charge in [-0.25, -0.2) is 12.8 Å². The Morgan fingerprint density at radius 1 is 1.21 bits per heavy atom. The van der Waals surface area contributed by atoms with Crippen molar-refractivity contribution in [3.05, 3.63) is 58.3 Å². The van der Waals surface area contributed by atoms with E-state index in [9.17, 15) is 17.6 Å². The predicted octanol–water partition coefficient (Wildman–Crippen LogP) is 1.28. The van der Waals surface area contributed by atoms with Gasteiger partial charge in [0.25, 0.3) is 5.56 Å². The van der Waals surface area contributed by atoms with Gasteiger partial charge in [-0.05, 0) is 25.1 Å². The van der Waals surface area contributed by atoms with Crippen molar-refractivity contribution in [1.29, 1.82) is 0 Å². The molecule has 1 aromatic carbocycles. The Labute approximate surface area is 139 Å². The van der Waals surface area contributed by atoms with E-state index in [4.69, 9.17) is 4.74 Å². The van der Waals surface area contributed by atoms with Crippen molar-refractivity contribution in [2.24, 2.45) is 7.05 Å². The number of nitrogens with zero attached hydrogens (tertiary/aromatic N) is 2. The van der Waals surface area contributed by atoms with Gasteiger partial charge in [-0.2, -0.15) is 4.31 Å². The number of aromatic nitrogens is 1. The third kappa shape index (κ3) is 2.94. The topological polar surface area (TPSA) is 68.6 Å². The summed E-state index contributed by atoms with van der Waals surface area (Å²) in [6, 6.07) is 8.35. The Morgan fingerprint density at radius 3 is 2.50 bits per heavy atom. The highest BCUT2D eigenvalue weighted by Gasteiger charge is 2.39. The number of rotatable bonds is 4. The predicted molar refractivity (Wildman–Crippen MR) is 86.0 cm³/mol. The zero-order valence-electron chi connectivity index (χ0n) is 13.3. The van der Waals surface area contributed by atoms with Gasteiger partial charge in [-0.3, -0.25) is 4.79 Å². The molecule has 0 unspecified atom stereocenters. The van der Waals surface area contributed by atoms with E-state index in [-0.39, 0.29) is 29.6 Å². The van der Waals surface area contributed by atoms with Gasteiger partial charge in [0.15, 0.2) is 0 Å². The van der Waals surface area contributed by atoms with Crippen LogP contribution >= 0.6 is 0 Å². The molecule has 0 spiro atoms. The Morgan fingerprint density at radius 2 is 1.88 bits per heavy atom. The van der Waals surface area contributed by atoms with E-state index in [2.05, 4.69) is 0 Å². The molecule has 1 aliphatic heterocycles. The van der Waals surface area contributed by atoms with Crippen molar-refractivity contribution in [3.63, 3.8) is 0 Å². The monoisotopic (exact) mass is 352 g/mol. The lowest BCUT2D eigenvalue weighted by atomic mass is 10.2. The Hall–Kier alpha value is -2.19. The fourth-order valence-electron chi connectivity index (χ4n) is 2.46. The normalized spacial score (nSPS) is 16.0. The molecule has 2 aromatic rings. The summed E-state index contributed by atoms with van der Waals surface area (Å²) in [5.74, 6) is -0.368. The maximum atomic E-state index is 13.7. The first kappa shape index (κ1) is 16.7. The summed E-state index contributed by atoms with van der Waals surface area (Å²) in [6.45, 7) is 2.01. The lowest BCUT2D eigenvalue weighted by Gasteiger charge is -2.37. The van der Waals surface area contributed by atoms with Crippen LogP contribution in [0.3, 0.4) is 0 Å². The smallest absolute Gasteiger partial charge is 0.254 e. The highest BCUT2D eigenvalue weighted by atomic mass is 32.2. The van der Waals surface area contributed by atoms with Crippen LogP contribution in [-0.4, -0.2) is 36.5 Å². The second-order valence-corrected chi connectivity index (χ2v) is 7.63. The lowest BCUT2D eigenvalue weighted by molar-refractivity contribution is 0.0757. The second kappa shape index (κ2) is 6.03. The molecule has 6 nitrogen and oxygen atoms in total. The number of sulfonamides is 1. The Kier molecular flexibility index (Phi) is 4.18. The van der Waals surface area contributed by atoms with Crippen molar-refractivity contribution >= 4 is 10.0 Å². The fourth-order valence-corrected chi connectivity index (χ4v) is 4.03. The van der Waals surface area contributed by atoms with E-state index in [0.29, 0.717) is 5.75 Å². The molecule has 0 amide bonds. The summed E-state index contributed by atoms with van der Waals surface area (Å²) in [4.78, 5) is 11.4. The van der Waals surface area contributed by atoms with Crippen LogP contribution in [0.25, 0.3) is 0 Å². The molecule has 1 aliphatic rings. The van der Waals surface area contributed by atoms with Crippen LogP contribution in [0, 0.1) is 12.7 Å². The Balaban J connectivity index is 1.70. The highest BCUT2D eigenvalue weighted by molar-refractivity contribution is 7.89. The van der Waals surface area contributed by atoms with Crippen LogP contribution in [0.5, 0.6) is 5.75 Å². The molecule has 2 heterocycles. The number of hydrogen-bond acceptors (Lipinski definition) is 4.